The van der Waals surface area contributed by atoms with Gasteiger partial charge in [0.2, 0.25) is 0 Å². The number of hydrogen-bond acceptors (Lipinski definition) is 5. The van der Waals surface area contributed by atoms with Gasteiger partial charge >= 0.3 is 0 Å². The minimum absolute atomic E-state index is 0.0486. The van der Waals surface area contributed by atoms with Crippen molar-refractivity contribution >= 4 is 15.7 Å². The lowest BCUT2D eigenvalue weighted by Crippen LogP contribution is -2.52. The molecule has 160 valence electrons. The summed E-state index contributed by atoms with van der Waals surface area (Å²) in [6.45, 7) is 7.28. The highest BCUT2D eigenvalue weighted by Crippen LogP contribution is 2.52. The van der Waals surface area contributed by atoms with Crippen molar-refractivity contribution in [1.29, 1.82) is 0 Å². The summed E-state index contributed by atoms with van der Waals surface area (Å²) in [5.74, 6) is 0.560. The molecule has 1 N–H and O–H groups in total. The van der Waals surface area contributed by atoms with Gasteiger partial charge < -0.3 is 9.47 Å². The van der Waals surface area contributed by atoms with E-state index in [0.29, 0.717) is 5.92 Å². The van der Waals surface area contributed by atoms with E-state index in [1.54, 1.807) is 24.3 Å². The van der Waals surface area contributed by atoms with Crippen LogP contribution in [-0.4, -0.2) is 33.1 Å². The first-order chi connectivity index (χ1) is 13.7. The highest BCUT2D eigenvalue weighted by Gasteiger charge is 2.50. The lowest BCUT2D eigenvalue weighted by molar-refractivity contribution is -0.211. The highest BCUT2D eigenvalue weighted by molar-refractivity contribution is 7.89. The number of benzene rings is 1. The van der Waals surface area contributed by atoms with Crippen molar-refractivity contribution in [3.8, 4) is 0 Å². The van der Waals surface area contributed by atoms with Gasteiger partial charge in [0, 0.05) is 18.2 Å². The molecule has 3 saturated carbocycles. The monoisotopic (exact) mass is 420 g/mol. The van der Waals surface area contributed by atoms with Crippen molar-refractivity contribution in [2.75, 3.05) is 6.61 Å². The Morgan fingerprint density at radius 1 is 1.21 bits per heavy atom. The average molecular weight is 421 g/mol. The smallest absolute Gasteiger partial charge is 0.276 e. The predicted molar refractivity (Wildman–Crippen MR) is 112 cm³/mol. The van der Waals surface area contributed by atoms with Gasteiger partial charge in [-0.05, 0) is 68.9 Å². The van der Waals surface area contributed by atoms with Crippen molar-refractivity contribution in [1.82, 2.24) is 4.83 Å². The zero-order chi connectivity index (χ0) is 20.6. The minimum Gasteiger partial charge on any atom is -0.353 e. The fourth-order valence-electron chi connectivity index (χ4n) is 4.91. The number of nitrogens with one attached hydrogen (secondary N) is 1. The summed E-state index contributed by atoms with van der Waals surface area (Å²) < 4.78 is 37.4. The van der Waals surface area contributed by atoms with Gasteiger partial charge in [0.25, 0.3) is 10.0 Å². The van der Waals surface area contributed by atoms with Crippen LogP contribution in [0.2, 0.25) is 0 Å². The molecule has 1 saturated heterocycles. The molecule has 1 heterocycles. The van der Waals surface area contributed by atoms with E-state index >= 15 is 0 Å². The molecule has 7 heteroatoms. The summed E-state index contributed by atoms with van der Waals surface area (Å²) in [6, 6.07) is 6.81. The van der Waals surface area contributed by atoms with E-state index < -0.39 is 10.0 Å². The lowest BCUT2D eigenvalue weighted by atomic mass is 9.56. The molecule has 4 aliphatic rings. The van der Waals surface area contributed by atoms with Crippen LogP contribution in [0.15, 0.2) is 34.3 Å². The summed E-state index contributed by atoms with van der Waals surface area (Å²) in [7, 11) is -3.67. The minimum atomic E-state index is -3.67. The van der Waals surface area contributed by atoms with Gasteiger partial charge in [-0.2, -0.15) is 13.5 Å². The molecule has 0 amide bonds. The van der Waals surface area contributed by atoms with Crippen LogP contribution in [0.25, 0.3) is 0 Å². The van der Waals surface area contributed by atoms with E-state index in [4.69, 9.17) is 9.47 Å². The van der Waals surface area contributed by atoms with Crippen LogP contribution < -0.4 is 4.83 Å². The Morgan fingerprint density at radius 2 is 1.97 bits per heavy atom. The summed E-state index contributed by atoms with van der Waals surface area (Å²) in [6.07, 6.45) is 5.84. The van der Waals surface area contributed by atoms with Crippen molar-refractivity contribution < 1.29 is 17.9 Å². The molecule has 5 rings (SSSR count). The molecule has 1 aromatic carbocycles. The Bertz CT molecular complexity index is 857. The van der Waals surface area contributed by atoms with Crippen LogP contribution in [0.1, 0.15) is 57.9 Å². The molecule has 3 aliphatic carbocycles. The summed E-state index contributed by atoms with van der Waals surface area (Å²) >= 11 is 0. The van der Waals surface area contributed by atoms with Gasteiger partial charge in [-0.1, -0.05) is 31.5 Å². The molecule has 1 aromatic rings. The van der Waals surface area contributed by atoms with E-state index in [0.717, 1.165) is 56.4 Å². The molecule has 2 bridgehead atoms. The molecule has 4 atom stereocenters. The van der Waals surface area contributed by atoms with Crippen LogP contribution in [-0.2, 0) is 19.5 Å². The van der Waals surface area contributed by atoms with Gasteiger partial charge in [-0.25, -0.2) is 4.83 Å². The molecule has 0 aromatic heterocycles. The summed E-state index contributed by atoms with van der Waals surface area (Å²) in [5, 5.41) is 4.40. The molecule has 0 radical (unpaired) electrons. The number of hydrogen-bond donors (Lipinski definition) is 1. The normalized spacial score (nSPS) is 33.0. The maximum Gasteiger partial charge on any atom is 0.276 e. The van der Waals surface area contributed by atoms with Crippen LogP contribution in [0.3, 0.4) is 0 Å². The fraction of sp³-hybridized carbons (Fsp3) is 0.682. The van der Waals surface area contributed by atoms with E-state index in [1.165, 1.54) is 0 Å². The van der Waals surface area contributed by atoms with Crippen LogP contribution >= 0.6 is 0 Å². The standard InChI is InChI=1S/C22H32N2O4S/c1-15-7-9-17(10-8-15)29(25,26)24-23-19-12-16-13-20(18(19)14-22(16,2)3)28-21-6-4-5-11-27-21/h7-10,16,18,20-21,24H,4-6,11-14H2,1-3H3/t16-,18-,20+,21-/m0/s1. The Balaban J connectivity index is 1.51. The number of sulfonamides is 1. The molecule has 29 heavy (non-hydrogen) atoms. The number of fused-ring (bicyclic) bond motifs is 3. The quantitative estimate of drug-likeness (QED) is 0.731. The number of ether oxygens (including phenoxy) is 2. The Hall–Kier alpha value is -1.44. The fourth-order valence-corrected chi connectivity index (χ4v) is 5.74. The topological polar surface area (TPSA) is 77.0 Å². The van der Waals surface area contributed by atoms with Gasteiger partial charge in [0.1, 0.15) is 0 Å². The maximum absolute atomic E-state index is 12.6. The second-order valence-electron chi connectivity index (χ2n) is 9.42. The molecule has 0 spiro atoms. The predicted octanol–water partition coefficient (Wildman–Crippen LogP) is 4.00. The van der Waals surface area contributed by atoms with Crippen molar-refractivity contribution in [2.24, 2.45) is 22.4 Å². The number of rotatable bonds is 5. The Kier molecular flexibility index (Phi) is 5.75. The first-order valence-electron chi connectivity index (χ1n) is 10.7. The van der Waals surface area contributed by atoms with E-state index in [-0.39, 0.29) is 28.6 Å². The molecular formula is C22H32N2O4S. The number of nitrogens with zero attached hydrogens (tertiary/aromatic N) is 1. The number of hydrazone groups is 1. The molecular weight excluding hydrogens is 388 g/mol. The molecule has 1 aliphatic heterocycles. The first kappa shape index (κ1) is 20.8. The third-order valence-electron chi connectivity index (χ3n) is 6.81. The van der Waals surface area contributed by atoms with Gasteiger partial charge in [-0.3, -0.25) is 0 Å². The van der Waals surface area contributed by atoms with Gasteiger partial charge in [0.05, 0.1) is 11.0 Å². The molecule has 0 unspecified atom stereocenters. The average Bonchev–Trinajstić information content (AvgIpc) is 2.68. The molecule has 4 fully saturated rings. The largest absolute Gasteiger partial charge is 0.353 e. The first-order valence-corrected chi connectivity index (χ1v) is 12.1. The number of aryl methyl sites for hydroxylation is 1. The van der Waals surface area contributed by atoms with Crippen LogP contribution in [0, 0.1) is 24.2 Å². The second-order valence-corrected chi connectivity index (χ2v) is 11.1. The summed E-state index contributed by atoms with van der Waals surface area (Å²) in [5.41, 5.74) is 2.15. The van der Waals surface area contributed by atoms with Gasteiger partial charge in [0.15, 0.2) is 6.29 Å². The Morgan fingerprint density at radius 3 is 2.62 bits per heavy atom. The highest BCUT2D eigenvalue weighted by atomic mass is 32.2. The van der Waals surface area contributed by atoms with Gasteiger partial charge in [-0.15, -0.1) is 0 Å². The summed E-state index contributed by atoms with van der Waals surface area (Å²) in [4.78, 5) is 2.71. The van der Waals surface area contributed by atoms with E-state index in [2.05, 4.69) is 23.8 Å². The van der Waals surface area contributed by atoms with Crippen molar-refractivity contribution in [3.05, 3.63) is 29.8 Å². The zero-order valence-corrected chi connectivity index (χ0v) is 18.4. The molecule has 6 nitrogen and oxygen atoms in total. The van der Waals surface area contributed by atoms with Crippen molar-refractivity contribution in [3.63, 3.8) is 0 Å². The van der Waals surface area contributed by atoms with Crippen molar-refractivity contribution in [2.45, 2.75) is 76.6 Å². The lowest BCUT2D eigenvalue weighted by Gasteiger charge is -2.52. The van der Waals surface area contributed by atoms with E-state index in [9.17, 15) is 8.42 Å². The maximum atomic E-state index is 12.6. The van der Waals surface area contributed by atoms with Crippen LogP contribution in [0.5, 0.6) is 0 Å². The Labute approximate surface area is 174 Å². The van der Waals surface area contributed by atoms with E-state index in [1.807, 2.05) is 6.92 Å². The third-order valence-corrected chi connectivity index (χ3v) is 8.03. The van der Waals surface area contributed by atoms with Crippen LogP contribution in [0.4, 0.5) is 0 Å². The SMILES string of the molecule is Cc1ccc(S(=O)(=O)NN=C2C[C@H]3C[C@@H](O[C@H]4CCCCO4)[C@H]2CC3(C)C)cc1. The third kappa shape index (κ3) is 4.52. The second kappa shape index (κ2) is 8.00. The zero-order valence-electron chi connectivity index (χ0n) is 17.6.